The summed E-state index contributed by atoms with van der Waals surface area (Å²) in [5.41, 5.74) is 12.1. The topological polar surface area (TPSA) is 43.9 Å². The Bertz CT molecular complexity index is 2530. The maximum absolute atomic E-state index is 6.40. The molecule has 0 aliphatic rings. The quantitative estimate of drug-likeness (QED) is 0.113. The number of fused-ring (bicyclic) bond motifs is 4. The first-order valence-electron chi connectivity index (χ1n) is 19.3. The second-order valence-electron chi connectivity index (χ2n) is 16.4. The van der Waals surface area contributed by atoms with Crippen LogP contribution >= 0.6 is 0 Å². The standard InChI is InChI=1S/C31H27N2O.C18H24GeN.Ir/c1-19(2)21-12-9-13-22(20(3)4)29(21)33-27-17-7-6-16-26(27)32-31(33)25-15-10-14-24-23-11-5-8-18-28(23)34-30(24)25;1-14(2)11-16-12-18(15-9-7-6-8-10-15)20-13-17(16)19(3,4)5;/h5-14,16-20H,1-4H3;6-9,12-14H,11H2,1-5H3;/q2*-1;. The third-order valence-electron chi connectivity index (χ3n) is 10.1. The van der Waals surface area contributed by atoms with Gasteiger partial charge in [0, 0.05) is 31.2 Å². The SMILES string of the molecule is CC(C)Cc1cc(-c2[c-]cccc2)nc[c]1[Ge]([CH3])([CH3])[CH3].CC(C)c1cccc(C(C)C)c1-n1c(-c2[c-]ccc3c2oc2ccccc23)nc2ccccc21.[Ir]. The summed E-state index contributed by atoms with van der Waals surface area (Å²) in [6.07, 6.45) is 3.27. The molecule has 8 rings (SSSR count). The molecule has 4 nitrogen and oxygen atoms in total. The molecule has 5 aromatic carbocycles. The number of imidazole rings is 1. The molecule has 0 saturated heterocycles. The number of rotatable bonds is 8. The van der Waals surface area contributed by atoms with Crippen molar-refractivity contribution in [3.05, 3.63) is 144 Å². The van der Waals surface area contributed by atoms with Crippen molar-refractivity contribution in [2.45, 2.75) is 77.1 Å². The van der Waals surface area contributed by atoms with Crippen LogP contribution in [0.25, 0.3) is 61.3 Å². The van der Waals surface area contributed by atoms with E-state index in [0.717, 1.165) is 62.0 Å². The first kappa shape index (κ1) is 40.4. The van der Waals surface area contributed by atoms with Gasteiger partial charge in [-0.3, -0.25) is 4.98 Å². The molecule has 0 saturated carbocycles. The molecule has 0 N–H and O–H groups in total. The molecule has 3 heterocycles. The van der Waals surface area contributed by atoms with Crippen LogP contribution in [0.4, 0.5) is 0 Å². The molecule has 0 unspecified atom stereocenters. The number of nitrogens with zero attached hydrogens (tertiary/aromatic N) is 3. The van der Waals surface area contributed by atoms with E-state index in [2.05, 4.69) is 148 Å². The minimum absolute atomic E-state index is 0. The summed E-state index contributed by atoms with van der Waals surface area (Å²) >= 11 is -1.86. The Morgan fingerprint density at radius 2 is 1.42 bits per heavy atom. The van der Waals surface area contributed by atoms with E-state index in [0.29, 0.717) is 17.8 Å². The van der Waals surface area contributed by atoms with E-state index in [1.807, 2.05) is 42.5 Å². The molecular formula is C49H51GeIrN3O-2. The van der Waals surface area contributed by atoms with Crippen molar-refractivity contribution in [2.24, 2.45) is 5.92 Å². The van der Waals surface area contributed by atoms with E-state index < -0.39 is 13.3 Å². The second-order valence-corrected chi connectivity index (χ2v) is 27.0. The van der Waals surface area contributed by atoms with E-state index >= 15 is 0 Å². The van der Waals surface area contributed by atoms with Gasteiger partial charge in [-0.1, -0.05) is 87.2 Å². The van der Waals surface area contributed by atoms with Crippen LogP contribution in [0.2, 0.25) is 17.3 Å². The summed E-state index contributed by atoms with van der Waals surface area (Å²) in [5.74, 6) is 9.59. The van der Waals surface area contributed by atoms with Gasteiger partial charge < -0.3 is 8.98 Å². The minimum atomic E-state index is -1.86. The van der Waals surface area contributed by atoms with Crippen LogP contribution in [0, 0.1) is 18.1 Å². The molecule has 0 spiro atoms. The van der Waals surface area contributed by atoms with Crippen molar-refractivity contribution >= 4 is 50.6 Å². The molecular weight excluding hydrogens is 911 g/mol. The summed E-state index contributed by atoms with van der Waals surface area (Å²) in [6.45, 7) is 13.6. The predicted octanol–water partition coefficient (Wildman–Crippen LogP) is 12.9. The Labute approximate surface area is 343 Å². The van der Waals surface area contributed by atoms with Crippen LogP contribution in [0.1, 0.15) is 70.1 Å². The van der Waals surface area contributed by atoms with E-state index in [9.17, 15) is 0 Å². The van der Waals surface area contributed by atoms with Gasteiger partial charge in [0.05, 0.1) is 22.4 Å². The number of benzene rings is 5. The van der Waals surface area contributed by atoms with Gasteiger partial charge in [-0.2, -0.15) is 0 Å². The van der Waals surface area contributed by atoms with E-state index in [-0.39, 0.29) is 20.1 Å². The molecule has 0 fully saturated rings. The smallest absolute Gasteiger partial charge is 0.120 e. The molecule has 8 aromatic rings. The summed E-state index contributed by atoms with van der Waals surface area (Å²) < 4.78 is 10.3. The van der Waals surface area contributed by atoms with Crippen molar-refractivity contribution in [2.75, 3.05) is 0 Å². The Hall–Kier alpha value is -4.29. The Morgan fingerprint density at radius 3 is 2.09 bits per heavy atom. The zero-order valence-electron chi connectivity index (χ0n) is 33.5. The first-order chi connectivity index (χ1) is 25.9. The predicted molar refractivity (Wildman–Crippen MR) is 231 cm³/mol. The summed E-state index contributed by atoms with van der Waals surface area (Å²) in [4.78, 5) is 9.85. The third-order valence-corrected chi connectivity index (χ3v) is 14.4. The van der Waals surface area contributed by atoms with Gasteiger partial charge in [0.25, 0.3) is 0 Å². The van der Waals surface area contributed by atoms with Crippen molar-refractivity contribution in [1.82, 2.24) is 14.5 Å². The van der Waals surface area contributed by atoms with Crippen LogP contribution in [-0.2, 0) is 26.5 Å². The molecule has 1 radical (unpaired) electrons. The number of pyridine rings is 1. The average molecular weight is 963 g/mol. The zero-order valence-corrected chi connectivity index (χ0v) is 38.0. The number of para-hydroxylation sites is 4. The molecule has 3 aromatic heterocycles. The molecule has 0 amide bonds. The molecule has 283 valence electrons. The number of hydrogen-bond acceptors (Lipinski definition) is 3. The average Bonchev–Trinajstić information content (AvgIpc) is 3.73. The van der Waals surface area contributed by atoms with Gasteiger partial charge in [-0.15, -0.1) is 18.2 Å². The van der Waals surface area contributed by atoms with E-state index in [1.165, 1.54) is 22.4 Å². The van der Waals surface area contributed by atoms with Crippen LogP contribution < -0.4 is 4.40 Å². The summed E-state index contributed by atoms with van der Waals surface area (Å²) in [6, 6.07) is 44.4. The van der Waals surface area contributed by atoms with E-state index in [4.69, 9.17) is 14.4 Å². The molecule has 55 heavy (non-hydrogen) atoms. The van der Waals surface area contributed by atoms with Gasteiger partial charge in [0.1, 0.15) is 5.58 Å². The van der Waals surface area contributed by atoms with Crippen LogP contribution in [0.3, 0.4) is 0 Å². The van der Waals surface area contributed by atoms with E-state index in [1.54, 1.807) is 4.40 Å². The van der Waals surface area contributed by atoms with Crippen LogP contribution in [0.15, 0.2) is 120 Å². The molecule has 0 aliphatic carbocycles. The normalized spacial score (nSPS) is 11.8. The fourth-order valence-corrected chi connectivity index (χ4v) is 10.9. The fourth-order valence-electron chi connectivity index (χ4n) is 7.53. The third kappa shape index (κ3) is 8.31. The molecule has 6 heteroatoms. The molecule has 0 atom stereocenters. The van der Waals surface area contributed by atoms with Crippen LogP contribution in [-0.4, -0.2) is 27.8 Å². The zero-order chi connectivity index (χ0) is 38.1. The van der Waals surface area contributed by atoms with Crippen molar-refractivity contribution < 1.29 is 24.5 Å². The summed E-state index contributed by atoms with van der Waals surface area (Å²) in [7, 11) is 0. The van der Waals surface area contributed by atoms with Gasteiger partial charge in [-0.25, -0.2) is 0 Å². The van der Waals surface area contributed by atoms with Gasteiger partial charge in [0.15, 0.2) is 0 Å². The minimum Gasteiger partial charge on any atom is -0.501 e. The van der Waals surface area contributed by atoms with Crippen molar-refractivity contribution in [1.29, 1.82) is 0 Å². The largest absolute Gasteiger partial charge is 0.501 e. The number of hydrogen-bond donors (Lipinski definition) is 0. The monoisotopic (exact) mass is 964 g/mol. The first-order valence-corrected chi connectivity index (χ1v) is 26.7. The van der Waals surface area contributed by atoms with Crippen LogP contribution in [0.5, 0.6) is 0 Å². The van der Waals surface area contributed by atoms with Gasteiger partial charge >= 0.3 is 126 Å². The van der Waals surface area contributed by atoms with Crippen molar-refractivity contribution in [3.8, 4) is 28.3 Å². The Morgan fingerprint density at radius 1 is 0.727 bits per heavy atom. The maximum Gasteiger partial charge on any atom is 0.120 e. The van der Waals surface area contributed by atoms with Gasteiger partial charge in [0.2, 0.25) is 0 Å². The second kappa shape index (κ2) is 16.8. The Kier molecular flexibility index (Phi) is 12.4. The molecule has 0 bridgehead atoms. The maximum atomic E-state index is 6.40. The number of furan rings is 1. The fraction of sp³-hybridized carbons (Fsp3) is 0.265. The Balaban J connectivity index is 0.000000211. The number of aromatic nitrogens is 3. The van der Waals surface area contributed by atoms with Gasteiger partial charge in [-0.05, 0) is 41.2 Å². The van der Waals surface area contributed by atoms with Crippen molar-refractivity contribution in [3.63, 3.8) is 0 Å². The molecule has 0 aliphatic heterocycles. The summed E-state index contributed by atoms with van der Waals surface area (Å²) in [5, 5.41) is 2.20.